The van der Waals surface area contributed by atoms with Crippen LogP contribution in [0.4, 0.5) is 5.69 Å². The zero-order valence-corrected chi connectivity index (χ0v) is 19.5. The van der Waals surface area contributed by atoms with E-state index >= 15 is 0 Å². The van der Waals surface area contributed by atoms with Gasteiger partial charge in [-0.05, 0) is 49.7 Å². The van der Waals surface area contributed by atoms with E-state index in [4.69, 9.17) is 14.5 Å². The molecule has 0 saturated carbocycles. The molecule has 0 aliphatic carbocycles. The summed E-state index contributed by atoms with van der Waals surface area (Å²) >= 11 is 1.69. The summed E-state index contributed by atoms with van der Waals surface area (Å²) in [7, 11) is 1.63. The lowest BCUT2D eigenvalue weighted by Gasteiger charge is -2.08. The van der Waals surface area contributed by atoms with Crippen molar-refractivity contribution in [2.24, 2.45) is 0 Å². The first kappa shape index (κ1) is 22.6. The molecule has 168 valence electrons. The second kappa shape index (κ2) is 10.8. The Morgan fingerprint density at radius 3 is 2.30 bits per heavy atom. The van der Waals surface area contributed by atoms with Crippen molar-refractivity contribution < 1.29 is 14.3 Å². The molecular formula is C27H26N2O3S. The smallest absolute Gasteiger partial charge is 0.224 e. The van der Waals surface area contributed by atoms with Gasteiger partial charge in [-0.3, -0.25) is 4.79 Å². The van der Waals surface area contributed by atoms with Crippen LogP contribution in [-0.2, 0) is 4.79 Å². The quantitative estimate of drug-likeness (QED) is 0.287. The number of anilines is 1. The van der Waals surface area contributed by atoms with Gasteiger partial charge >= 0.3 is 0 Å². The van der Waals surface area contributed by atoms with Crippen molar-refractivity contribution in [3.63, 3.8) is 0 Å². The van der Waals surface area contributed by atoms with E-state index < -0.39 is 0 Å². The number of aryl methyl sites for hydroxylation is 1. The lowest BCUT2D eigenvalue weighted by atomic mass is 10.1. The van der Waals surface area contributed by atoms with Crippen molar-refractivity contribution in [3.8, 4) is 33.3 Å². The van der Waals surface area contributed by atoms with Crippen molar-refractivity contribution in [3.05, 3.63) is 83.7 Å². The maximum atomic E-state index is 12.3. The molecule has 0 saturated heterocycles. The fourth-order valence-electron chi connectivity index (χ4n) is 3.40. The van der Waals surface area contributed by atoms with E-state index in [9.17, 15) is 4.79 Å². The number of methoxy groups -OCH3 is 1. The molecule has 6 heteroatoms. The third kappa shape index (κ3) is 5.99. The maximum absolute atomic E-state index is 12.3. The molecule has 1 amide bonds. The summed E-state index contributed by atoms with van der Waals surface area (Å²) in [5.74, 6) is 1.52. The van der Waals surface area contributed by atoms with E-state index in [1.54, 1.807) is 18.4 Å². The highest BCUT2D eigenvalue weighted by Crippen LogP contribution is 2.33. The Hall–Kier alpha value is -3.64. The van der Waals surface area contributed by atoms with Gasteiger partial charge in [-0.25, -0.2) is 4.98 Å². The standard InChI is InChI=1S/C27H26N2O3S/c1-19-26(29-27(33-19)21-7-4-3-5-8-21)20-10-12-22(13-11-20)28-25(30)9-6-18-32-24-16-14-23(31-2)15-17-24/h3-5,7-8,10-17H,6,9,18H2,1-2H3,(H,28,30). The second-order valence-corrected chi connectivity index (χ2v) is 8.75. The van der Waals surface area contributed by atoms with Gasteiger partial charge in [-0.2, -0.15) is 0 Å². The van der Waals surface area contributed by atoms with Gasteiger partial charge in [0.2, 0.25) is 5.91 Å². The van der Waals surface area contributed by atoms with Gasteiger partial charge < -0.3 is 14.8 Å². The highest BCUT2D eigenvalue weighted by Gasteiger charge is 2.11. The normalized spacial score (nSPS) is 10.6. The Morgan fingerprint density at radius 1 is 0.909 bits per heavy atom. The second-order valence-electron chi connectivity index (χ2n) is 7.54. The van der Waals surface area contributed by atoms with Crippen LogP contribution in [0.5, 0.6) is 11.5 Å². The number of nitrogens with zero attached hydrogens (tertiary/aromatic N) is 1. The van der Waals surface area contributed by atoms with Gasteiger partial charge in [0.1, 0.15) is 16.5 Å². The molecule has 0 spiro atoms. The topological polar surface area (TPSA) is 60.5 Å². The van der Waals surface area contributed by atoms with Gasteiger partial charge in [0.25, 0.3) is 0 Å². The largest absolute Gasteiger partial charge is 0.497 e. The van der Waals surface area contributed by atoms with Crippen LogP contribution >= 0.6 is 11.3 Å². The number of hydrogen-bond donors (Lipinski definition) is 1. The van der Waals surface area contributed by atoms with Crippen LogP contribution in [-0.4, -0.2) is 24.6 Å². The summed E-state index contributed by atoms with van der Waals surface area (Å²) in [5.41, 5.74) is 3.91. The zero-order valence-electron chi connectivity index (χ0n) is 18.7. The number of benzene rings is 3. The molecule has 0 atom stereocenters. The number of nitrogens with one attached hydrogen (secondary N) is 1. The van der Waals surface area contributed by atoms with E-state index in [-0.39, 0.29) is 5.91 Å². The van der Waals surface area contributed by atoms with Crippen LogP contribution < -0.4 is 14.8 Å². The molecule has 4 rings (SSSR count). The van der Waals surface area contributed by atoms with E-state index in [0.717, 1.165) is 39.0 Å². The van der Waals surface area contributed by atoms with Gasteiger partial charge in [0, 0.05) is 28.1 Å². The van der Waals surface area contributed by atoms with Crippen molar-refractivity contribution >= 4 is 22.9 Å². The molecular weight excluding hydrogens is 432 g/mol. The van der Waals surface area contributed by atoms with E-state index in [0.29, 0.717) is 19.4 Å². The molecule has 0 fully saturated rings. The van der Waals surface area contributed by atoms with E-state index in [1.807, 2.05) is 66.7 Å². The molecule has 3 aromatic carbocycles. The molecule has 0 bridgehead atoms. The first-order valence-electron chi connectivity index (χ1n) is 10.8. The van der Waals surface area contributed by atoms with Crippen molar-refractivity contribution in [2.45, 2.75) is 19.8 Å². The highest BCUT2D eigenvalue weighted by atomic mass is 32.1. The summed E-state index contributed by atoms with van der Waals surface area (Å²) < 4.78 is 10.8. The zero-order chi connectivity index (χ0) is 23.0. The fraction of sp³-hybridized carbons (Fsp3) is 0.185. The molecule has 1 aromatic heterocycles. The molecule has 0 radical (unpaired) electrons. The average molecular weight is 459 g/mol. The van der Waals surface area contributed by atoms with Crippen LogP contribution in [0, 0.1) is 6.92 Å². The van der Waals surface area contributed by atoms with Crippen molar-refractivity contribution in [1.82, 2.24) is 4.98 Å². The van der Waals surface area contributed by atoms with Gasteiger partial charge in [0.15, 0.2) is 0 Å². The molecule has 1 heterocycles. The van der Waals surface area contributed by atoms with Crippen molar-refractivity contribution in [1.29, 1.82) is 0 Å². The van der Waals surface area contributed by atoms with E-state index in [2.05, 4.69) is 24.4 Å². The van der Waals surface area contributed by atoms with Crippen LogP contribution in [0.2, 0.25) is 0 Å². The van der Waals surface area contributed by atoms with Crippen molar-refractivity contribution in [2.75, 3.05) is 19.0 Å². The Balaban J connectivity index is 1.28. The Morgan fingerprint density at radius 2 is 1.61 bits per heavy atom. The van der Waals surface area contributed by atoms with Crippen LogP contribution in [0.15, 0.2) is 78.9 Å². The predicted molar refractivity (Wildman–Crippen MR) is 134 cm³/mol. The number of hydrogen-bond acceptors (Lipinski definition) is 5. The monoisotopic (exact) mass is 458 g/mol. The number of carbonyl (C=O) groups excluding carboxylic acids is 1. The minimum Gasteiger partial charge on any atom is -0.497 e. The van der Waals surface area contributed by atoms with Gasteiger partial charge in [-0.1, -0.05) is 42.5 Å². The Labute approximate surface area is 198 Å². The molecule has 1 N–H and O–H groups in total. The number of ether oxygens (including phenoxy) is 2. The van der Waals surface area contributed by atoms with Gasteiger partial charge in [0.05, 0.1) is 19.4 Å². The summed E-state index contributed by atoms with van der Waals surface area (Å²) in [5, 5.41) is 3.96. The minimum atomic E-state index is -0.0303. The SMILES string of the molecule is COc1ccc(OCCCC(=O)Nc2ccc(-c3nc(-c4ccccc4)sc3C)cc2)cc1. The van der Waals surface area contributed by atoms with Crippen LogP contribution in [0.25, 0.3) is 21.8 Å². The highest BCUT2D eigenvalue weighted by molar-refractivity contribution is 7.15. The number of thiazole rings is 1. The molecule has 0 aliphatic heterocycles. The fourth-order valence-corrected chi connectivity index (χ4v) is 4.34. The van der Waals surface area contributed by atoms with Gasteiger partial charge in [-0.15, -0.1) is 11.3 Å². The number of rotatable bonds is 9. The third-order valence-corrected chi connectivity index (χ3v) is 6.16. The lowest BCUT2D eigenvalue weighted by Crippen LogP contribution is -2.12. The van der Waals surface area contributed by atoms with Crippen LogP contribution in [0.1, 0.15) is 17.7 Å². The average Bonchev–Trinajstić information content (AvgIpc) is 3.25. The molecule has 0 aliphatic rings. The van der Waals surface area contributed by atoms with E-state index in [1.165, 1.54) is 4.88 Å². The predicted octanol–water partition coefficient (Wildman–Crippen LogP) is 6.59. The molecule has 4 aromatic rings. The Kier molecular flexibility index (Phi) is 7.37. The summed E-state index contributed by atoms with van der Waals surface area (Å²) in [6.07, 6.45) is 1.03. The minimum absolute atomic E-state index is 0.0303. The molecule has 33 heavy (non-hydrogen) atoms. The summed E-state index contributed by atoms with van der Waals surface area (Å²) in [6, 6.07) is 25.4. The Bertz CT molecular complexity index is 1190. The summed E-state index contributed by atoms with van der Waals surface area (Å²) in [6.45, 7) is 2.56. The third-order valence-electron chi connectivity index (χ3n) is 5.14. The molecule has 0 unspecified atom stereocenters. The maximum Gasteiger partial charge on any atom is 0.224 e. The first-order valence-corrected chi connectivity index (χ1v) is 11.6. The first-order chi connectivity index (χ1) is 16.1. The number of aromatic nitrogens is 1. The lowest BCUT2D eigenvalue weighted by molar-refractivity contribution is -0.116. The number of amides is 1. The van der Waals surface area contributed by atoms with Crippen LogP contribution in [0.3, 0.4) is 0 Å². The number of carbonyl (C=O) groups is 1. The molecule has 5 nitrogen and oxygen atoms in total. The summed E-state index contributed by atoms with van der Waals surface area (Å²) in [4.78, 5) is 18.3.